The van der Waals surface area contributed by atoms with Crippen molar-refractivity contribution in [3.63, 3.8) is 0 Å². The molecule has 0 amide bonds. The molecule has 0 aliphatic carbocycles. The second-order valence-electron chi connectivity index (χ2n) is 3.92. The van der Waals surface area contributed by atoms with Crippen LogP contribution in [0.4, 0.5) is 5.69 Å². The molecular formula is C15H17NO2. The van der Waals surface area contributed by atoms with Gasteiger partial charge < -0.3 is 5.11 Å². The number of phenolic OH excluding ortho intramolecular Hbond substituents is 1. The molecule has 0 radical (unpaired) electrons. The number of rotatable bonds is 5. The van der Waals surface area contributed by atoms with Crippen LogP contribution in [-0.2, 0) is 11.4 Å². The van der Waals surface area contributed by atoms with Crippen LogP contribution in [0.1, 0.15) is 12.5 Å². The molecule has 0 saturated carbocycles. The van der Waals surface area contributed by atoms with E-state index in [1.165, 1.54) is 0 Å². The SMILES string of the molecule is CCON(Cc1ccccc1O)c1ccccc1. The Bertz CT molecular complexity index is 485. The number of anilines is 1. The molecule has 0 fully saturated rings. The third-order valence-electron chi connectivity index (χ3n) is 2.63. The Hall–Kier alpha value is -2.00. The van der Waals surface area contributed by atoms with E-state index in [1.807, 2.05) is 55.5 Å². The quantitative estimate of drug-likeness (QED) is 0.817. The first-order valence-electron chi connectivity index (χ1n) is 6.03. The standard InChI is InChI=1S/C15H17NO2/c1-2-18-16(14-9-4-3-5-10-14)12-13-8-6-7-11-15(13)17/h3-11,17H,2,12H2,1H3. The molecule has 0 aliphatic rings. The monoisotopic (exact) mass is 243 g/mol. The normalized spacial score (nSPS) is 10.3. The highest BCUT2D eigenvalue weighted by Gasteiger charge is 2.09. The maximum Gasteiger partial charge on any atom is 0.120 e. The lowest BCUT2D eigenvalue weighted by Crippen LogP contribution is -2.22. The zero-order chi connectivity index (χ0) is 12.8. The summed E-state index contributed by atoms with van der Waals surface area (Å²) in [5, 5.41) is 11.6. The summed E-state index contributed by atoms with van der Waals surface area (Å²) in [5.41, 5.74) is 1.82. The van der Waals surface area contributed by atoms with Gasteiger partial charge in [0, 0.05) is 5.56 Å². The summed E-state index contributed by atoms with van der Waals surface area (Å²) in [5.74, 6) is 0.290. The highest BCUT2D eigenvalue weighted by atomic mass is 16.7. The van der Waals surface area contributed by atoms with E-state index in [0.29, 0.717) is 13.2 Å². The summed E-state index contributed by atoms with van der Waals surface area (Å²) in [6.45, 7) is 3.05. The van der Waals surface area contributed by atoms with E-state index in [-0.39, 0.29) is 5.75 Å². The zero-order valence-corrected chi connectivity index (χ0v) is 10.4. The molecule has 2 aromatic carbocycles. The number of benzene rings is 2. The van der Waals surface area contributed by atoms with Crippen LogP contribution in [0.2, 0.25) is 0 Å². The third-order valence-corrected chi connectivity index (χ3v) is 2.63. The van der Waals surface area contributed by atoms with Gasteiger partial charge in [-0.25, -0.2) is 5.06 Å². The first-order valence-corrected chi connectivity index (χ1v) is 6.03. The predicted octanol–water partition coefficient (Wildman–Crippen LogP) is 3.35. The van der Waals surface area contributed by atoms with Crippen LogP contribution in [0.25, 0.3) is 0 Å². The van der Waals surface area contributed by atoms with Crippen molar-refractivity contribution in [2.75, 3.05) is 11.7 Å². The van der Waals surface area contributed by atoms with Crippen molar-refractivity contribution >= 4 is 5.69 Å². The Labute approximate surface area is 107 Å². The molecule has 0 atom stereocenters. The van der Waals surface area contributed by atoms with E-state index in [4.69, 9.17) is 4.84 Å². The number of nitrogens with zero attached hydrogens (tertiary/aromatic N) is 1. The molecule has 1 N–H and O–H groups in total. The van der Waals surface area contributed by atoms with Gasteiger partial charge in [-0.15, -0.1) is 0 Å². The first kappa shape index (κ1) is 12.5. The van der Waals surface area contributed by atoms with Crippen LogP contribution in [0, 0.1) is 0 Å². The van der Waals surface area contributed by atoms with Crippen molar-refractivity contribution in [2.24, 2.45) is 0 Å². The van der Waals surface area contributed by atoms with E-state index in [0.717, 1.165) is 11.3 Å². The second kappa shape index (κ2) is 6.07. The van der Waals surface area contributed by atoms with Gasteiger partial charge >= 0.3 is 0 Å². The number of aromatic hydroxyl groups is 1. The molecule has 0 saturated heterocycles. The number of hydrogen-bond donors (Lipinski definition) is 1. The smallest absolute Gasteiger partial charge is 0.120 e. The summed E-state index contributed by atoms with van der Waals surface area (Å²) in [6.07, 6.45) is 0. The Morgan fingerprint density at radius 2 is 1.67 bits per heavy atom. The number of hydroxylamine groups is 1. The summed E-state index contributed by atoms with van der Waals surface area (Å²) in [7, 11) is 0. The van der Waals surface area contributed by atoms with Gasteiger partial charge in [-0.1, -0.05) is 36.4 Å². The fourth-order valence-corrected chi connectivity index (χ4v) is 1.76. The van der Waals surface area contributed by atoms with Crippen LogP contribution >= 0.6 is 0 Å². The Morgan fingerprint density at radius 3 is 2.33 bits per heavy atom. The van der Waals surface area contributed by atoms with E-state index >= 15 is 0 Å². The van der Waals surface area contributed by atoms with Crippen LogP contribution in [0.5, 0.6) is 5.75 Å². The van der Waals surface area contributed by atoms with Gasteiger partial charge in [-0.3, -0.25) is 4.84 Å². The van der Waals surface area contributed by atoms with E-state index < -0.39 is 0 Å². The maximum absolute atomic E-state index is 9.79. The van der Waals surface area contributed by atoms with Gasteiger partial charge in [0.05, 0.1) is 18.8 Å². The minimum absolute atomic E-state index is 0.290. The van der Waals surface area contributed by atoms with Gasteiger partial charge in [-0.2, -0.15) is 0 Å². The van der Waals surface area contributed by atoms with Crippen molar-refractivity contribution in [1.29, 1.82) is 0 Å². The molecule has 0 heterocycles. The largest absolute Gasteiger partial charge is 0.508 e. The second-order valence-corrected chi connectivity index (χ2v) is 3.92. The van der Waals surface area contributed by atoms with Gasteiger partial charge in [-0.05, 0) is 25.1 Å². The third kappa shape index (κ3) is 3.02. The van der Waals surface area contributed by atoms with Crippen LogP contribution in [0.3, 0.4) is 0 Å². The fourth-order valence-electron chi connectivity index (χ4n) is 1.76. The van der Waals surface area contributed by atoms with Crippen LogP contribution in [0.15, 0.2) is 54.6 Å². The topological polar surface area (TPSA) is 32.7 Å². The fraction of sp³-hybridized carbons (Fsp3) is 0.200. The predicted molar refractivity (Wildman–Crippen MR) is 72.4 cm³/mol. The highest BCUT2D eigenvalue weighted by molar-refractivity contribution is 5.45. The Kier molecular flexibility index (Phi) is 4.20. The van der Waals surface area contributed by atoms with E-state index in [2.05, 4.69) is 0 Å². The first-order chi connectivity index (χ1) is 8.81. The summed E-state index contributed by atoms with van der Waals surface area (Å²) >= 11 is 0. The lowest BCUT2D eigenvalue weighted by atomic mass is 10.2. The summed E-state index contributed by atoms with van der Waals surface area (Å²) in [4.78, 5) is 5.61. The summed E-state index contributed by atoms with van der Waals surface area (Å²) in [6, 6.07) is 17.2. The maximum atomic E-state index is 9.79. The molecular weight excluding hydrogens is 226 g/mol. The molecule has 0 unspecified atom stereocenters. The lowest BCUT2D eigenvalue weighted by Gasteiger charge is -2.23. The lowest BCUT2D eigenvalue weighted by molar-refractivity contribution is 0.116. The molecule has 0 aliphatic heterocycles. The number of para-hydroxylation sites is 2. The Balaban J connectivity index is 2.19. The van der Waals surface area contributed by atoms with Crippen molar-refractivity contribution < 1.29 is 9.94 Å². The molecule has 3 heteroatoms. The van der Waals surface area contributed by atoms with Crippen molar-refractivity contribution in [3.8, 4) is 5.75 Å². The molecule has 0 aromatic heterocycles. The molecule has 2 aromatic rings. The van der Waals surface area contributed by atoms with Crippen LogP contribution < -0.4 is 5.06 Å². The average molecular weight is 243 g/mol. The van der Waals surface area contributed by atoms with Gasteiger partial charge in [0.25, 0.3) is 0 Å². The highest BCUT2D eigenvalue weighted by Crippen LogP contribution is 2.22. The molecule has 3 nitrogen and oxygen atoms in total. The average Bonchev–Trinajstić information content (AvgIpc) is 2.42. The van der Waals surface area contributed by atoms with Gasteiger partial charge in [0.2, 0.25) is 0 Å². The number of phenols is 1. The van der Waals surface area contributed by atoms with Crippen molar-refractivity contribution in [3.05, 3.63) is 60.2 Å². The van der Waals surface area contributed by atoms with Crippen LogP contribution in [-0.4, -0.2) is 11.7 Å². The molecule has 0 spiro atoms. The van der Waals surface area contributed by atoms with E-state index in [1.54, 1.807) is 11.1 Å². The van der Waals surface area contributed by atoms with Crippen molar-refractivity contribution in [1.82, 2.24) is 0 Å². The molecule has 2 rings (SSSR count). The van der Waals surface area contributed by atoms with Crippen molar-refractivity contribution in [2.45, 2.75) is 13.5 Å². The van der Waals surface area contributed by atoms with Gasteiger partial charge in [0.1, 0.15) is 5.75 Å². The van der Waals surface area contributed by atoms with E-state index in [9.17, 15) is 5.11 Å². The molecule has 0 bridgehead atoms. The zero-order valence-electron chi connectivity index (χ0n) is 10.4. The van der Waals surface area contributed by atoms with Gasteiger partial charge in [0.15, 0.2) is 0 Å². The molecule has 18 heavy (non-hydrogen) atoms. The minimum atomic E-state index is 0.290. The minimum Gasteiger partial charge on any atom is -0.508 e. The molecule has 94 valence electrons. The number of hydrogen-bond acceptors (Lipinski definition) is 3. The summed E-state index contributed by atoms with van der Waals surface area (Å²) < 4.78 is 0. The Morgan fingerprint density at radius 1 is 1.00 bits per heavy atom.